The number of nitrogens with zero attached hydrogens (tertiary/aromatic N) is 3. The number of rotatable bonds is 4. The van der Waals surface area contributed by atoms with Crippen LogP contribution in [0.25, 0.3) is 0 Å². The molecule has 2 heterocycles. The van der Waals surface area contributed by atoms with Crippen molar-refractivity contribution in [1.82, 2.24) is 4.98 Å². The van der Waals surface area contributed by atoms with E-state index in [2.05, 4.69) is 22.4 Å². The molecule has 3 rings (SSSR count). The molecule has 0 spiro atoms. The van der Waals surface area contributed by atoms with E-state index >= 15 is 0 Å². The van der Waals surface area contributed by atoms with Gasteiger partial charge in [0.05, 0.1) is 48.5 Å². The highest BCUT2D eigenvalue weighted by Gasteiger charge is 2.33. The van der Waals surface area contributed by atoms with E-state index in [1.165, 1.54) is 0 Å². The summed E-state index contributed by atoms with van der Waals surface area (Å²) in [5.41, 5.74) is 4.25. The monoisotopic (exact) mass is 346 g/mol. The van der Waals surface area contributed by atoms with Crippen LogP contribution in [0, 0.1) is 22.7 Å². The Hall–Kier alpha value is -3.51. The number of pyridine rings is 1. The fraction of sp³-hybridized carbons (Fsp3) is 0.250. The molecular formula is C20H18N4O2. The van der Waals surface area contributed by atoms with Crippen molar-refractivity contribution >= 4 is 5.69 Å². The summed E-state index contributed by atoms with van der Waals surface area (Å²) in [6, 6.07) is 11.5. The zero-order valence-electron chi connectivity index (χ0n) is 14.8. The Morgan fingerprint density at radius 1 is 1.23 bits per heavy atom. The molecule has 0 radical (unpaired) electrons. The van der Waals surface area contributed by atoms with E-state index in [9.17, 15) is 5.26 Å². The van der Waals surface area contributed by atoms with E-state index in [-0.39, 0.29) is 0 Å². The maximum Gasteiger partial charge on any atom is 0.219 e. The number of nitrogens with one attached hydrogen (secondary N) is 1. The number of aromatic nitrogens is 1. The molecule has 130 valence electrons. The van der Waals surface area contributed by atoms with E-state index in [1.807, 2.05) is 26.0 Å². The first-order valence-corrected chi connectivity index (χ1v) is 8.22. The Labute approximate surface area is 152 Å². The maximum atomic E-state index is 9.80. The molecule has 1 unspecified atom stereocenters. The third-order valence-electron chi connectivity index (χ3n) is 4.33. The molecule has 0 saturated carbocycles. The molecule has 1 N–H and O–H groups in total. The van der Waals surface area contributed by atoms with Crippen molar-refractivity contribution in [1.29, 1.82) is 10.5 Å². The van der Waals surface area contributed by atoms with Crippen molar-refractivity contribution in [2.45, 2.75) is 19.8 Å². The quantitative estimate of drug-likeness (QED) is 0.907. The van der Waals surface area contributed by atoms with E-state index < -0.39 is 5.92 Å². The Morgan fingerprint density at radius 2 is 2.04 bits per heavy atom. The molecule has 1 aliphatic heterocycles. The summed E-state index contributed by atoms with van der Waals surface area (Å²) in [5, 5.41) is 22.2. The molecular weight excluding hydrogens is 328 g/mol. The molecule has 1 aromatic carbocycles. The van der Waals surface area contributed by atoms with Gasteiger partial charge in [-0.15, -0.1) is 0 Å². The van der Waals surface area contributed by atoms with Gasteiger partial charge in [-0.1, -0.05) is 6.07 Å². The van der Waals surface area contributed by atoms with Gasteiger partial charge in [-0.25, -0.2) is 4.98 Å². The molecule has 1 aromatic heterocycles. The molecule has 0 fully saturated rings. The number of nitriles is 2. The van der Waals surface area contributed by atoms with E-state index in [0.29, 0.717) is 29.4 Å². The predicted molar refractivity (Wildman–Crippen MR) is 96.9 cm³/mol. The molecule has 2 aromatic rings. The van der Waals surface area contributed by atoms with Gasteiger partial charge < -0.3 is 14.8 Å². The SMILES string of the molecule is CCOc1nccc2c1C(c1ccc(C#N)cc1OC)C(C#N)=C(C)N2. The van der Waals surface area contributed by atoms with Crippen molar-refractivity contribution < 1.29 is 9.47 Å². The summed E-state index contributed by atoms with van der Waals surface area (Å²) in [7, 11) is 1.55. The van der Waals surface area contributed by atoms with Gasteiger partial charge in [0.25, 0.3) is 0 Å². The maximum absolute atomic E-state index is 9.80. The van der Waals surface area contributed by atoms with Crippen LogP contribution in [-0.4, -0.2) is 18.7 Å². The molecule has 0 saturated heterocycles. The highest BCUT2D eigenvalue weighted by Crippen LogP contribution is 2.47. The van der Waals surface area contributed by atoms with Gasteiger partial charge in [0, 0.05) is 23.1 Å². The van der Waals surface area contributed by atoms with E-state index in [4.69, 9.17) is 14.7 Å². The first kappa shape index (κ1) is 17.3. The average Bonchev–Trinajstić information content (AvgIpc) is 2.66. The largest absolute Gasteiger partial charge is 0.496 e. The van der Waals surface area contributed by atoms with E-state index in [1.54, 1.807) is 25.4 Å². The minimum Gasteiger partial charge on any atom is -0.496 e. The molecule has 26 heavy (non-hydrogen) atoms. The average molecular weight is 346 g/mol. The lowest BCUT2D eigenvalue weighted by atomic mass is 9.81. The van der Waals surface area contributed by atoms with Gasteiger partial charge >= 0.3 is 0 Å². The van der Waals surface area contributed by atoms with Crippen molar-refractivity contribution in [3.8, 4) is 23.8 Å². The molecule has 6 nitrogen and oxygen atoms in total. The summed E-state index contributed by atoms with van der Waals surface area (Å²) in [6.07, 6.45) is 1.68. The van der Waals surface area contributed by atoms with Crippen LogP contribution in [0.2, 0.25) is 0 Å². The van der Waals surface area contributed by atoms with Crippen LogP contribution in [0.4, 0.5) is 5.69 Å². The second-order valence-electron chi connectivity index (χ2n) is 5.79. The Kier molecular flexibility index (Phi) is 4.77. The van der Waals surface area contributed by atoms with Gasteiger partial charge in [-0.3, -0.25) is 0 Å². The molecule has 1 atom stereocenters. The smallest absolute Gasteiger partial charge is 0.219 e. The fourth-order valence-corrected chi connectivity index (χ4v) is 3.20. The number of hydrogen-bond donors (Lipinski definition) is 1. The number of allylic oxidation sites excluding steroid dienone is 2. The van der Waals surface area contributed by atoms with Gasteiger partial charge in [-0.05, 0) is 32.0 Å². The lowest BCUT2D eigenvalue weighted by molar-refractivity contribution is 0.322. The second kappa shape index (κ2) is 7.16. The highest BCUT2D eigenvalue weighted by molar-refractivity contribution is 5.71. The third-order valence-corrected chi connectivity index (χ3v) is 4.33. The van der Waals surface area contributed by atoms with Crippen LogP contribution in [0.15, 0.2) is 41.7 Å². The normalized spacial score (nSPS) is 15.3. The van der Waals surface area contributed by atoms with Gasteiger partial charge in [0.2, 0.25) is 5.88 Å². The van der Waals surface area contributed by atoms with Gasteiger partial charge in [0.15, 0.2) is 0 Å². The van der Waals surface area contributed by atoms with Crippen LogP contribution in [0.1, 0.15) is 36.5 Å². The summed E-state index contributed by atoms with van der Waals surface area (Å²) in [5.74, 6) is 0.636. The van der Waals surface area contributed by atoms with Crippen LogP contribution in [0.5, 0.6) is 11.6 Å². The number of hydrogen-bond acceptors (Lipinski definition) is 6. The van der Waals surface area contributed by atoms with Crippen LogP contribution in [-0.2, 0) is 0 Å². The minimum absolute atomic E-state index is 0.394. The van der Waals surface area contributed by atoms with Crippen LogP contribution < -0.4 is 14.8 Å². The Balaban J connectivity index is 2.30. The van der Waals surface area contributed by atoms with E-state index in [0.717, 1.165) is 22.5 Å². The minimum atomic E-state index is -0.394. The number of methoxy groups -OCH3 is 1. The molecule has 0 amide bonds. The van der Waals surface area contributed by atoms with Crippen molar-refractivity contribution in [2.24, 2.45) is 0 Å². The summed E-state index contributed by atoms with van der Waals surface area (Å²) < 4.78 is 11.2. The Bertz CT molecular complexity index is 967. The molecule has 0 bridgehead atoms. The van der Waals surface area contributed by atoms with Crippen molar-refractivity contribution in [3.05, 3.63) is 58.4 Å². The van der Waals surface area contributed by atoms with Crippen molar-refractivity contribution in [3.63, 3.8) is 0 Å². The van der Waals surface area contributed by atoms with Crippen molar-refractivity contribution in [2.75, 3.05) is 19.0 Å². The van der Waals surface area contributed by atoms with Gasteiger partial charge in [0.1, 0.15) is 5.75 Å². The fourth-order valence-electron chi connectivity index (χ4n) is 3.20. The first-order chi connectivity index (χ1) is 12.6. The standard InChI is InChI=1S/C20H18N4O2/c1-4-26-20-19-16(7-8-23-20)24-12(2)15(11-22)18(19)14-6-5-13(10-21)9-17(14)25-3/h5-9,18,24H,4H2,1-3H3. The summed E-state index contributed by atoms with van der Waals surface area (Å²) >= 11 is 0. The Morgan fingerprint density at radius 3 is 2.69 bits per heavy atom. The lowest BCUT2D eigenvalue weighted by Crippen LogP contribution is -2.19. The number of benzene rings is 1. The molecule has 1 aliphatic rings. The predicted octanol–water partition coefficient (Wildman–Crippen LogP) is 3.72. The number of fused-ring (bicyclic) bond motifs is 1. The van der Waals surface area contributed by atoms with Crippen LogP contribution >= 0.6 is 0 Å². The third kappa shape index (κ3) is 2.82. The second-order valence-corrected chi connectivity index (χ2v) is 5.79. The highest BCUT2D eigenvalue weighted by atomic mass is 16.5. The molecule has 0 aliphatic carbocycles. The van der Waals surface area contributed by atoms with Gasteiger partial charge in [-0.2, -0.15) is 10.5 Å². The number of ether oxygens (including phenoxy) is 2. The first-order valence-electron chi connectivity index (χ1n) is 8.22. The summed E-state index contributed by atoms with van der Waals surface area (Å²) in [4.78, 5) is 4.35. The topological polar surface area (TPSA) is 91.0 Å². The molecule has 6 heteroatoms. The van der Waals surface area contributed by atoms with Crippen LogP contribution in [0.3, 0.4) is 0 Å². The summed E-state index contributed by atoms with van der Waals surface area (Å²) in [6.45, 7) is 4.22. The number of anilines is 1. The lowest BCUT2D eigenvalue weighted by Gasteiger charge is -2.30. The zero-order chi connectivity index (χ0) is 18.7. The zero-order valence-corrected chi connectivity index (χ0v) is 14.8.